The predicted molar refractivity (Wildman–Crippen MR) is 78.3 cm³/mol. The van der Waals surface area contributed by atoms with Crippen molar-refractivity contribution < 1.29 is 14.2 Å². The first-order chi connectivity index (χ1) is 11.6. The van der Waals surface area contributed by atoms with Crippen molar-refractivity contribution in [3.63, 3.8) is 0 Å². The number of nitrogens with zero attached hydrogens (tertiary/aromatic N) is 7. The Morgan fingerprint density at radius 2 is 2.25 bits per heavy atom. The van der Waals surface area contributed by atoms with E-state index in [9.17, 15) is 9.60 Å². The molecule has 0 fully saturated rings. The van der Waals surface area contributed by atoms with Crippen molar-refractivity contribution in [1.29, 1.82) is 5.41 Å². The van der Waals surface area contributed by atoms with Gasteiger partial charge >= 0.3 is 0 Å². The SMILES string of the molecule is N=C(c1nonc1CCn1cnnn1)N(O)c1ccc(F)c(Cl)c1. The van der Waals surface area contributed by atoms with Crippen LogP contribution in [0.1, 0.15) is 11.4 Å². The van der Waals surface area contributed by atoms with Gasteiger partial charge in [-0.1, -0.05) is 16.8 Å². The van der Waals surface area contributed by atoms with Crippen molar-refractivity contribution in [1.82, 2.24) is 30.5 Å². The molecule has 2 aromatic heterocycles. The molecular weight excluding hydrogens is 343 g/mol. The molecule has 0 atom stereocenters. The number of tetrazole rings is 1. The molecule has 1 aromatic carbocycles. The smallest absolute Gasteiger partial charge is 0.181 e. The van der Waals surface area contributed by atoms with Crippen LogP contribution in [0.25, 0.3) is 0 Å². The molecule has 124 valence electrons. The second kappa shape index (κ2) is 6.68. The maximum atomic E-state index is 13.2. The topological polar surface area (TPSA) is 130 Å². The van der Waals surface area contributed by atoms with E-state index in [1.807, 2.05) is 0 Å². The van der Waals surface area contributed by atoms with Gasteiger partial charge in [-0.2, -0.15) is 0 Å². The molecule has 0 radical (unpaired) electrons. The summed E-state index contributed by atoms with van der Waals surface area (Å²) >= 11 is 5.67. The van der Waals surface area contributed by atoms with Crippen LogP contribution in [-0.2, 0) is 13.0 Å². The van der Waals surface area contributed by atoms with Crippen LogP contribution in [0.2, 0.25) is 5.02 Å². The summed E-state index contributed by atoms with van der Waals surface area (Å²) in [7, 11) is 0. The van der Waals surface area contributed by atoms with E-state index >= 15 is 0 Å². The minimum absolute atomic E-state index is 0.0334. The fourth-order valence-electron chi connectivity index (χ4n) is 1.90. The lowest BCUT2D eigenvalue weighted by Gasteiger charge is -2.16. The van der Waals surface area contributed by atoms with Crippen molar-refractivity contribution in [3.05, 3.63) is 46.8 Å². The van der Waals surface area contributed by atoms with Gasteiger partial charge in [-0.15, -0.1) is 5.10 Å². The molecule has 0 unspecified atom stereocenters. The van der Waals surface area contributed by atoms with Crippen LogP contribution >= 0.6 is 11.6 Å². The van der Waals surface area contributed by atoms with Crippen LogP contribution in [0.15, 0.2) is 29.2 Å². The molecule has 0 bridgehead atoms. The first-order valence-electron chi connectivity index (χ1n) is 6.61. The summed E-state index contributed by atoms with van der Waals surface area (Å²) < 4.78 is 19.3. The molecule has 0 spiro atoms. The minimum atomic E-state index is -0.634. The Morgan fingerprint density at radius 1 is 1.42 bits per heavy atom. The van der Waals surface area contributed by atoms with Crippen LogP contribution in [0.4, 0.5) is 10.1 Å². The third-order valence-electron chi connectivity index (χ3n) is 3.11. The van der Waals surface area contributed by atoms with E-state index in [2.05, 4.69) is 30.5 Å². The van der Waals surface area contributed by atoms with Gasteiger partial charge in [0.25, 0.3) is 0 Å². The number of rotatable bonds is 5. The molecule has 0 saturated carbocycles. The number of amidine groups is 1. The third kappa shape index (κ3) is 3.21. The Balaban J connectivity index is 1.77. The molecule has 0 saturated heterocycles. The molecule has 0 aliphatic heterocycles. The summed E-state index contributed by atoms with van der Waals surface area (Å²) in [4.78, 5) is 0. The lowest BCUT2D eigenvalue weighted by atomic mass is 10.2. The highest BCUT2D eigenvalue weighted by molar-refractivity contribution is 6.31. The van der Waals surface area contributed by atoms with Crippen LogP contribution < -0.4 is 5.06 Å². The van der Waals surface area contributed by atoms with E-state index in [0.29, 0.717) is 23.7 Å². The maximum absolute atomic E-state index is 13.2. The van der Waals surface area contributed by atoms with E-state index in [1.165, 1.54) is 23.1 Å². The number of halogens is 2. The van der Waals surface area contributed by atoms with Gasteiger partial charge in [0.1, 0.15) is 17.8 Å². The van der Waals surface area contributed by atoms with Crippen LogP contribution in [-0.4, -0.2) is 41.6 Å². The predicted octanol–water partition coefficient (Wildman–Crippen LogP) is 1.31. The van der Waals surface area contributed by atoms with Gasteiger partial charge in [0.15, 0.2) is 11.5 Å². The van der Waals surface area contributed by atoms with Gasteiger partial charge in [0, 0.05) is 6.42 Å². The van der Waals surface area contributed by atoms with Crippen LogP contribution in [0, 0.1) is 11.2 Å². The maximum Gasteiger partial charge on any atom is 0.181 e. The largest absolute Gasteiger partial charge is 0.282 e. The summed E-state index contributed by atoms with van der Waals surface area (Å²) in [5.41, 5.74) is 0.467. The number of hydroxylamine groups is 1. The van der Waals surface area contributed by atoms with Crippen molar-refractivity contribution in [2.75, 3.05) is 5.06 Å². The summed E-state index contributed by atoms with van der Waals surface area (Å²) in [6.45, 7) is 0.384. The lowest BCUT2D eigenvalue weighted by Crippen LogP contribution is -2.28. The summed E-state index contributed by atoms with van der Waals surface area (Å²) in [6.07, 6.45) is 1.75. The minimum Gasteiger partial charge on any atom is -0.282 e. The van der Waals surface area contributed by atoms with Crippen molar-refractivity contribution in [3.8, 4) is 0 Å². The van der Waals surface area contributed by atoms with E-state index in [0.717, 1.165) is 6.07 Å². The van der Waals surface area contributed by atoms with E-state index in [4.69, 9.17) is 17.0 Å². The Morgan fingerprint density at radius 3 is 2.96 bits per heavy atom. The average Bonchev–Trinajstić information content (AvgIpc) is 3.25. The first-order valence-corrected chi connectivity index (χ1v) is 6.99. The van der Waals surface area contributed by atoms with E-state index < -0.39 is 11.7 Å². The highest BCUT2D eigenvalue weighted by Crippen LogP contribution is 2.23. The highest BCUT2D eigenvalue weighted by atomic mass is 35.5. The molecule has 24 heavy (non-hydrogen) atoms. The molecule has 0 aliphatic rings. The molecule has 3 rings (SSSR count). The number of hydrogen-bond acceptors (Lipinski definition) is 8. The third-order valence-corrected chi connectivity index (χ3v) is 3.40. The zero-order valence-electron chi connectivity index (χ0n) is 12.0. The second-order valence-corrected chi connectivity index (χ2v) is 5.05. The molecule has 0 aliphatic carbocycles. The summed E-state index contributed by atoms with van der Waals surface area (Å²) in [5, 5.41) is 36.5. The Kier molecular flexibility index (Phi) is 4.44. The van der Waals surface area contributed by atoms with Crippen molar-refractivity contribution in [2.45, 2.75) is 13.0 Å². The second-order valence-electron chi connectivity index (χ2n) is 4.64. The number of aryl methyl sites for hydroxylation is 2. The normalized spacial score (nSPS) is 10.8. The molecule has 2 N–H and O–H groups in total. The Hall–Kier alpha value is -2.92. The average molecular weight is 353 g/mol. The van der Waals surface area contributed by atoms with E-state index in [-0.39, 0.29) is 16.4 Å². The monoisotopic (exact) mass is 352 g/mol. The quantitative estimate of drug-likeness (QED) is 0.399. The first kappa shape index (κ1) is 16.0. The van der Waals surface area contributed by atoms with Gasteiger partial charge in [-0.05, 0) is 33.8 Å². The number of anilines is 1. The van der Waals surface area contributed by atoms with Gasteiger partial charge in [0.05, 0.1) is 17.3 Å². The van der Waals surface area contributed by atoms with Gasteiger partial charge in [0.2, 0.25) is 0 Å². The summed E-state index contributed by atoms with van der Waals surface area (Å²) in [5.74, 6) is -1.03. The fraction of sp³-hybridized carbons (Fsp3) is 0.167. The highest BCUT2D eigenvalue weighted by Gasteiger charge is 2.21. The van der Waals surface area contributed by atoms with Crippen molar-refractivity contribution >= 4 is 23.1 Å². The summed E-state index contributed by atoms with van der Waals surface area (Å²) in [6, 6.07) is 3.53. The molecule has 0 amide bonds. The number of nitrogens with one attached hydrogen (secondary N) is 1. The van der Waals surface area contributed by atoms with Crippen molar-refractivity contribution in [2.24, 2.45) is 0 Å². The molecule has 3 aromatic rings. The standard InChI is InChI=1S/C12H10ClFN8O2/c13-8-5-7(1-2-9(8)14)22(23)12(15)11-10(17-24-18-11)3-4-21-6-16-19-20-21/h1-2,5-6,15,23H,3-4H2. The molecule has 10 nitrogen and oxygen atoms in total. The molecule has 12 heteroatoms. The van der Waals surface area contributed by atoms with Crippen LogP contribution in [0.3, 0.4) is 0 Å². The van der Waals surface area contributed by atoms with Crippen LogP contribution in [0.5, 0.6) is 0 Å². The lowest BCUT2D eigenvalue weighted by molar-refractivity contribution is 0.297. The zero-order valence-corrected chi connectivity index (χ0v) is 12.7. The molecular formula is C12H10ClFN8O2. The van der Waals surface area contributed by atoms with Gasteiger partial charge in [-0.3, -0.25) is 10.6 Å². The Labute approximate surface area is 138 Å². The number of hydrogen-bond donors (Lipinski definition) is 2. The van der Waals surface area contributed by atoms with Gasteiger partial charge < -0.3 is 0 Å². The molecule has 2 heterocycles. The zero-order chi connectivity index (χ0) is 17.1. The van der Waals surface area contributed by atoms with E-state index in [1.54, 1.807) is 0 Å². The Bertz CT molecular complexity index is 853. The number of aromatic nitrogens is 6. The number of benzene rings is 1. The fourth-order valence-corrected chi connectivity index (χ4v) is 2.07. The van der Waals surface area contributed by atoms with Gasteiger partial charge in [-0.25, -0.2) is 18.8 Å².